The van der Waals surface area contributed by atoms with Crippen LogP contribution in [0.15, 0.2) is 18.3 Å². The predicted octanol–water partition coefficient (Wildman–Crippen LogP) is 1.42. The van der Waals surface area contributed by atoms with E-state index >= 15 is 0 Å². The van der Waals surface area contributed by atoms with Gasteiger partial charge in [0.15, 0.2) is 0 Å². The maximum atomic E-state index is 13.0. The van der Waals surface area contributed by atoms with Crippen LogP contribution >= 0.6 is 0 Å². The number of amides is 1. The average Bonchev–Trinajstić information content (AvgIpc) is 2.59. The van der Waals surface area contributed by atoms with Gasteiger partial charge in [0.1, 0.15) is 5.56 Å². The lowest BCUT2D eigenvalue weighted by atomic mass is 9.85. The van der Waals surface area contributed by atoms with Crippen molar-refractivity contribution in [1.82, 2.24) is 14.8 Å². The number of carbonyl (C=O) groups excluding carboxylic acids is 1. The summed E-state index contributed by atoms with van der Waals surface area (Å²) in [5, 5.41) is 0. The van der Waals surface area contributed by atoms with E-state index in [0.717, 1.165) is 45.7 Å². The molecule has 0 bridgehead atoms. The van der Waals surface area contributed by atoms with Crippen molar-refractivity contribution in [2.45, 2.75) is 25.3 Å². The van der Waals surface area contributed by atoms with Crippen LogP contribution in [0.5, 0.6) is 5.88 Å². The number of carbonyl (C=O) groups is 1. The molecule has 6 nitrogen and oxygen atoms in total. The van der Waals surface area contributed by atoms with E-state index in [1.807, 2.05) is 11.8 Å². The molecule has 1 aromatic heterocycles. The van der Waals surface area contributed by atoms with Gasteiger partial charge in [0.05, 0.1) is 6.61 Å². The molecule has 23 heavy (non-hydrogen) atoms. The van der Waals surface area contributed by atoms with Crippen molar-refractivity contribution in [2.75, 3.05) is 46.5 Å². The first-order valence-corrected chi connectivity index (χ1v) is 8.32. The molecule has 0 aliphatic carbocycles. The number of hydrogen-bond acceptors (Lipinski definition) is 5. The van der Waals surface area contributed by atoms with E-state index in [9.17, 15) is 4.79 Å². The van der Waals surface area contributed by atoms with E-state index in [2.05, 4.69) is 16.9 Å². The van der Waals surface area contributed by atoms with Crippen LogP contribution in [-0.2, 0) is 4.74 Å². The number of nitrogens with zero attached hydrogens (tertiary/aromatic N) is 3. The second kappa shape index (κ2) is 6.84. The number of likely N-dealkylation sites (N-methyl/N-ethyl adjacent to an activating group) is 1. The zero-order valence-electron chi connectivity index (χ0n) is 14.0. The van der Waals surface area contributed by atoms with E-state index in [-0.39, 0.29) is 11.4 Å². The van der Waals surface area contributed by atoms with Gasteiger partial charge in [0.25, 0.3) is 5.91 Å². The van der Waals surface area contributed by atoms with Gasteiger partial charge in [0.2, 0.25) is 5.88 Å². The lowest BCUT2D eigenvalue weighted by molar-refractivity contribution is -0.0544. The summed E-state index contributed by atoms with van der Waals surface area (Å²) < 4.78 is 11.0. The predicted molar refractivity (Wildman–Crippen MR) is 86.7 cm³/mol. The molecule has 0 aromatic carbocycles. The number of piperazine rings is 1. The van der Waals surface area contributed by atoms with Crippen molar-refractivity contribution < 1.29 is 14.3 Å². The van der Waals surface area contributed by atoms with Crippen molar-refractivity contribution in [3.8, 4) is 5.88 Å². The van der Waals surface area contributed by atoms with Gasteiger partial charge in [0, 0.05) is 44.6 Å². The smallest absolute Gasteiger partial charge is 0.259 e. The normalized spacial score (nSPS) is 21.4. The monoisotopic (exact) mass is 319 g/mol. The number of aromatic nitrogens is 1. The molecule has 0 atom stereocenters. The molecule has 2 aliphatic rings. The summed E-state index contributed by atoms with van der Waals surface area (Å²) >= 11 is 0. The Morgan fingerprint density at radius 2 is 2.17 bits per heavy atom. The van der Waals surface area contributed by atoms with E-state index in [0.29, 0.717) is 18.1 Å². The fourth-order valence-electron chi connectivity index (χ4n) is 3.50. The first kappa shape index (κ1) is 16.2. The van der Waals surface area contributed by atoms with Crippen molar-refractivity contribution in [3.63, 3.8) is 0 Å². The van der Waals surface area contributed by atoms with Crippen LogP contribution in [0.1, 0.15) is 30.1 Å². The molecule has 3 heterocycles. The molecule has 0 saturated carbocycles. The second-order valence-corrected chi connectivity index (χ2v) is 6.27. The molecule has 2 fully saturated rings. The zero-order valence-corrected chi connectivity index (χ0v) is 14.0. The Hall–Kier alpha value is -1.66. The Balaban J connectivity index is 1.80. The van der Waals surface area contributed by atoms with Gasteiger partial charge in [-0.3, -0.25) is 9.69 Å². The van der Waals surface area contributed by atoms with E-state index in [1.165, 1.54) is 0 Å². The fraction of sp³-hybridized carbons (Fsp3) is 0.647. The largest absolute Gasteiger partial charge is 0.477 e. The summed E-state index contributed by atoms with van der Waals surface area (Å²) in [4.78, 5) is 21.5. The average molecular weight is 319 g/mol. The van der Waals surface area contributed by atoms with Gasteiger partial charge in [-0.15, -0.1) is 0 Å². The lowest BCUT2D eigenvalue weighted by Gasteiger charge is -2.51. The minimum Gasteiger partial charge on any atom is -0.477 e. The molecule has 2 saturated heterocycles. The molecule has 126 valence electrons. The SMILES string of the molecule is CCOc1ncccc1C(=O)N1CCN(C)C2(CCOCC2)C1. The van der Waals surface area contributed by atoms with Crippen LogP contribution in [0.4, 0.5) is 0 Å². The highest BCUT2D eigenvalue weighted by molar-refractivity contribution is 5.96. The number of rotatable bonds is 3. The summed E-state index contributed by atoms with van der Waals surface area (Å²) in [6, 6.07) is 3.59. The number of hydrogen-bond donors (Lipinski definition) is 0. The molecule has 1 amide bonds. The second-order valence-electron chi connectivity index (χ2n) is 6.27. The van der Waals surface area contributed by atoms with Crippen molar-refractivity contribution in [2.24, 2.45) is 0 Å². The third kappa shape index (κ3) is 3.19. The standard InChI is InChI=1S/C17H25N3O3/c1-3-23-15-14(5-4-8-18-15)16(21)20-10-9-19(2)17(13-20)6-11-22-12-7-17/h4-5,8H,3,6-7,9-13H2,1-2H3. The van der Waals surface area contributed by atoms with Crippen molar-refractivity contribution in [1.29, 1.82) is 0 Å². The number of pyridine rings is 1. The fourth-order valence-corrected chi connectivity index (χ4v) is 3.50. The molecule has 1 aromatic rings. The molecule has 6 heteroatoms. The van der Waals surface area contributed by atoms with Gasteiger partial charge >= 0.3 is 0 Å². The molecular formula is C17H25N3O3. The van der Waals surface area contributed by atoms with Crippen LogP contribution in [-0.4, -0.2) is 72.7 Å². The Morgan fingerprint density at radius 3 is 2.91 bits per heavy atom. The van der Waals surface area contributed by atoms with Crippen molar-refractivity contribution >= 4 is 5.91 Å². The molecular weight excluding hydrogens is 294 g/mol. The first-order chi connectivity index (χ1) is 11.2. The zero-order chi connectivity index (χ0) is 16.3. The van der Waals surface area contributed by atoms with Crippen LogP contribution < -0.4 is 4.74 Å². The summed E-state index contributed by atoms with van der Waals surface area (Å²) in [6.07, 6.45) is 3.60. The van der Waals surface area contributed by atoms with Crippen LogP contribution in [0.3, 0.4) is 0 Å². The topological polar surface area (TPSA) is 54.9 Å². The minimum absolute atomic E-state index is 0.0144. The molecule has 0 N–H and O–H groups in total. The van der Waals surface area contributed by atoms with Gasteiger partial charge in [-0.1, -0.05) is 0 Å². The highest BCUT2D eigenvalue weighted by Gasteiger charge is 2.42. The maximum absolute atomic E-state index is 13.0. The summed E-state index contributed by atoms with van der Waals surface area (Å²) in [6.45, 7) is 6.30. The Labute approximate surface area is 137 Å². The van der Waals surface area contributed by atoms with Gasteiger partial charge in [-0.25, -0.2) is 4.98 Å². The van der Waals surface area contributed by atoms with E-state index < -0.39 is 0 Å². The van der Waals surface area contributed by atoms with Crippen LogP contribution in [0, 0.1) is 0 Å². The first-order valence-electron chi connectivity index (χ1n) is 8.32. The van der Waals surface area contributed by atoms with Crippen LogP contribution in [0.2, 0.25) is 0 Å². The Bertz CT molecular complexity index is 558. The minimum atomic E-state index is 0.0144. The molecule has 0 radical (unpaired) electrons. The van der Waals surface area contributed by atoms with Gasteiger partial charge < -0.3 is 14.4 Å². The lowest BCUT2D eigenvalue weighted by Crippen LogP contribution is -2.63. The van der Waals surface area contributed by atoms with E-state index in [1.54, 1.807) is 18.3 Å². The van der Waals surface area contributed by atoms with E-state index in [4.69, 9.17) is 9.47 Å². The highest BCUT2D eigenvalue weighted by Crippen LogP contribution is 2.31. The summed E-state index contributed by atoms with van der Waals surface area (Å²) in [5.41, 5.74) is 0.598. The van der Waals surface area contributed by atoms with Crippen molar-refractivity contribution in [3.05, 3.63) is 23.9 Å². The van der Waals surface area contributed by atoms with Crippen LogP contribution in [0.25, 0.3) is 0 Å². The van der Waals surface area contributed by atoms with Gasteiger partial charge in [-0.2, -0.15) is 0 Å². The Kier molecular flexibility index (Phi) is 4.82. The molecule has 0 unspecified atom stereocenters. The third-order valence-electron chi connectivity index (χ3n) is 4.99. The Morgan fingerprint density at radius 1 is 1.39 bits per heavy atom. The quantitative estimate of drug-likeness (QED) is 0.843. The summed E-state index contributed by atoms with van der Waals surface area (Å²) in [7, 11) is 2.16. The molecule has 3 rings (SSSR count). The molecule has 1 spiro atoms. The maximum Gasteiger partial charge on any atom is 0.259 e. The molecule has 2 aliphatic heterocycles. The number of ether oxygens (including phenoxy) is 2. The third-order valence-corrected chi connectivity index (χ3v) is 4.99. The summed E-state index contributed by atoms with van der Waals surface area (Å²) in [5.74, 6) is 0.445. The van der Waals surface area contributed by atoms with Gasteiger partial charge in [-0.05, 0) is 38.9 Å². The highest BCUT2D eigenvalue weighted by atomic mass is 16.5.